The van der Waals surface area contributed by atoms with Crippen LogP contribution in [0.2, 0.25) is 0 Å². The molecular formula is C26H32N2O3. The summed E-state index contributed by atoms with van der Waals surface area (Å²) in [6.45, 7) is 9.70. The number of ether oxygens (including phenoxy) is 2. The Balaban J connectivity index is 0.000000319. The van der Waals surface area contributed by atoms with E-state index in [1.165, 1.54) is 5.56 Å². The summed E-state index contributed by atoms with van der Waals surface area (Å²) in [5.41, 5.74) is 3.48. The van der Waals surface area contributed by atoms with Crippen LogP contribution in [0.1, 0.15) is 37.5 Å². The van der Waals surface area contributed by atoms with Crippen molar-refractivity contribution in [3.63, 3.8) is 0 Å². The minimum Gasteiger partial charge on any atom is -0.487 e. The second kappa shape index (κ2) is 13.1. The first kappa shape index (κ1) is 23.9. The summed E-state index contributed by atoms with van der Waals surface area (Å²) in [5.74, 6) is 0.750. The molecule has 1 amide bonds. The van der Waals surface area contributed by atoms with Crippen molar-refractivity contribution in [2.75, 3.05) is 6.54 Å². The molecule has 1 atom stereocenters. The first-order valence-electron chi connectivity index (χ1n) is 10.7. The number of carbonyl (C=O) groups is 1. The largest absolute Gasteiger partial charge is 0.487 e. The average molecular weight is 421 g/mol. The van der Waals surface area contributed by atoms with E-state index in [1.54, 1.807) is 17.3 Å². The molecule has 1 aliphatic heterocycles. The fourth-order valence-corrected chi connectivity index (χ4v) is 2.89. The van der Waals surface area contributed by atoms with E-state index in [2.05, 4.69) is 24.0 Å². The Morgan fingerprint density at radius 1 is 1.00 bits per heavy atom. The number of aromatic nitrogens is 1. The van der Waals surface area contributed by atoms with Crippen molar-refractivity contribution in [2.45, 2.75) is 47.0 Å². The summed E-state index contributed by atoms with van der Waals surface area (Å²) in [7, 11) is 0. The van der Waals surface area contributed by atoms with Crippen LogP contribution in [0.15, 0.2) is 79.1 Å². The summed E-state index contributed by atoms with van der Waals surface area (Å²) < 4.78 is 10.8. The molecule has 4 rings (SSSR count). The molecule has 31 heavy (non-hydrogen) atoms. The maximum Gasteiger partial charge on any atom is 0.410 e. The molecule has 0 bridgehead atoms. The van der Waals surface area contributed by atoms with E-state index >= 15 is 0 Å². The molecule has 2 heterocycles. The molecule has 164 valence electrons. The van der Waals surface area contributed by atoms with Gasteiger partial charge >= 0.3 is 6.09 Å². The summed E-state index contributed by atoms with van der Waals surface area (Å²) in [6, 6.07) is 22.0. The molecule has 0 N–H and O–H groups in total. The van der Waals surface area contributed by atoms with Crippen molar-refractivity contribution in [3.05, 3.63) is 95.8 Å². The normalized spacial score (nSPS) is 14.5. The third-order valence-electron chi connectivity index (χ3n) is 4.41. The van der Waals surface area contributed by atoms with Gasteiger partial charge in [0.25, 0.3) is 0 Å². The maximum atomic E-state index is 11.6. The number of cyclic esters (lactones) is 1. The van der Waals surface area contributed by atoms with Gasteiger partial charge in [0.05, 0.1) is 12.7 Å². The lowest BCUT2D eigenvalue weighted by molar-refractivity contribution is 0.137. The highest BCUT2D eigenvalue weighted by Gasteiger charge is 2.27. The molecule has 1 unspecified atom stereocenters. The molecule has 1 aromatic heterocycles. The number of nitrogens with zero attached hydrogens (tertiary/aromatic N) is 2. The summed E-state index contributed by atoms with van der Waals surface area (Å²) in [4.78, 5) is 17.3. The van der Waals surface area contributed by atoms with Gasteiger partial charge in [0, 0.05) is 12.7 Å². The van der Waals surface area contributed by atoms with Crippen molar-refractivity contribution >= 4 is 6.09 Å². The van der Waals surface area contributed by atoms with E-state index in [4.69, 9.17) is 9.47 Å². The van der Waals surface area contributed by atoms with E-state index in [9.17, 15) is 4.79 Å². The number of hydrogen-bond donors (Lipinski definition) is 0. The molecule has 0 saturated carbocycles. The zero-order valence-electron chi connectivity index (χ0n) is 18.8. The van der Waals surface area contributed by atoms with Gasteiger partial charge in [-0.1, -0.05) is 74.0 Å². The zero-order chi connectivity index (χ0) is 22.5. The van der Waals surface area contributed by atoms with Gasteiger partial charge in [-0.25, -0.2) is 4.79 Å². The van der Waals surface area contributed by atoms with Gasteiger partial charge in [0.1, 0.15) is 18.5 Å². The lowest BCUT2D eigenvalue weighted by Crippen LogP contribution is -2.24. The third-order valence-corrected chi connectivity index (χ3v) is 4.41. The van der Waals surface area contributed by atoms with Crippen LogP contribution < -0.4 is 4.74 Å². The number of amides is 1. The van der Waals surface area contributed by atoms with Gasteiger partial charge in [0.2, 0.25) is 0 Å². The van der Waals surface area contributed by atoms with Crippen LogP contribution in [0.5, 0.6) is 5.75 Å². The monoisotopic (exact) mass is 420 g/mol. The van der Waals surface area contributed by atoms with Crippen molar-refractivity contribution in [1.82, 2.24) is 9.88 Å². The quantitative estimate of drug-likeness (QED) is 0.506. The highest BCUT2D eigenvalue weighted by Crippen LogP contribution is 2.16. The topological polar surface area (TPSA) is 51.7 Å². The third kappa shape index (κ3) is 8.51. The molecule has 1 saturated heterocycles. The first-order chi connectivity index (χ1) is 15.1. The lowest BCUT2D eigenvalue weighted by atomic mass is 10.1. The van der Waals surface area contributed by atoms with Crippen LogP contribution in [-0.2, 0) is 17.9 Å². The predicted molar refractivity (Wildman–Crippen MR) is 124 cm³/mol. The maximum absolute atomic E-state index is 11.6. The molecule has 5 nitrogen and oxygen atoms in total. The standard InChI is InChI=1S/C17H18N2O3.C7H8.C2H6/c1-13-10-19(17(20)22-13)11-14-4-6-15(7-5-14)12-21-16-3-2-8-18-9-16;1-7-5-3-2-4-6-7;1-2/h2-9,13H,10-12H2,1H3;2-6H,1H3;1-2H3. The van der Waals surface area contributed by atoms with E-state index in [0.717, 1.165) is 16.9 Å². The fourth-order valence-electron chi connectivity index (χ4n) is 2.89. The average Bonchev–Trinajstić information content (AvgIpc) is 3.13. The van der Waals surface area contributed by atoms with Crippen LogP contribution in [0.3, 0.4) is 0 Å². The van der Waals surface area contributed by atoms with E-state index in [-0.39, 0.29) is 12.2 Å². The van der Waals surface area contributed by atoms with Gasteiger partial charge < -0.3 is 14.4 Å². The van der Waals surface area contributed by atoms with E-state index in [0.29, 0.717) is 19.7 Å². The second-order valence-corrected chi connectivity index (χ2v) is 7.02. The summed E-state index contributed by atoms with van der Waals surface area (Å²) in [6.07, 6.45) is 3.14. The van der Waals surface area contributed by atoms with Gasteiger partial charge in [0.15, 0.2) is 0 Å². The van der Waals surface area contributed by atoms with Crippen LogP contribution in [0.25, 0.3) is 0 Å². The molecule has 3 aromatic rings. The summed E-state index contributed by atoms with van der Waals surface area (Å²) in [5, 5.41) is 0. The van der Waals surface area contributed by atoms with Gasteiger partial charge in [-0.3, -0.25) is 4.98 Å². The summed E-state index contributed by atoms with van der Waals surface area (Å²) >= 11 is 0. The van der Waals surface area contributed by atoms with E-state index in [1.807, 2.05) is 75.4 Å². The molecule has 1 fully saturated rings. The highest BCUT2D eigenvalue weighted by atomic mass is 16.6. The Morgan fingerprint density at radius 3 is 2.19 bits per heavy atom. The minimum absolute atomic E-state index is 0.0281. The molecule has 5 heteroatoms. The minimum atomic E-state index is -0.239. The van der Waals surface area contributed by atoms with Crippen molar-refractivity contribution in [2.24, 2.45) is 0 Å². The molecular weight excluding hydrogens is 388 g/mol. The smallest absolute Gasteiger partial charge is 0.410 e. The number of aryl methyl sites for hydroxylation is 1. The molecule has 1 aliphatic rings. The van der Waals surface area contributed by atoms with Crippen LogP contribution in [0, 0.1) is 6.92 Å². The molecule has 2 aromatic carbocycles. The van der Waals surface area contributed by atoms with E-state index < -0.39 is 0 Å². The predicted octanol–water partition coefficient (Wildman–Crippen LogP) is 6.02. The molecule has 0 spiro atoms. The molecule has 0 aliphatic carbocycles. The Kier molecular flexibility index (Phi) is 10.1. The van der Waals surface area contributed by atoms with Crippen molar-refractivity contribution in [3.8, 4) is 5.75 Å². The SMILES string of the molecule is CC.CC1CN(Cc2ccc(COc3cccnc3)cc2)C(=O)O1.Cc1ccccc1. The number of rotatable bonds is 5. The molecule has 0 radical (unpaired) electrons. The van der Waals surface area contributed by atoms with Gasteiger partial charge in [-0.15, -0.1) is 0 Å². The number of hydrogen-bond acceptors (Lipinski definition) is 4. The Hall–Kier alpha value is -3.34. The van der Waals surface area contributed by atoms with Crippen LogP contribution in [0.4, 0.5) is 4.79 Å². The van der Waals surface area contributed by atoms with Crippen molar-refractivity contribution in [1.29, 1.82) is 0 Å². The second-order valence-electron chi connectivity index (χ2n) is 7.02. The lowest BCUT2D eigenvalue weighted by Gasteiger charge is -2.13. The number of pyridine rings is 1. The highest BCUT2D eigenvalue weighted by molar-refractivity contribution is 5.69. The number of benzene rings is 2. The van der Waals surface area contributed by atoms with Crippen LogP contribution >= 0.6 is 0 Å². The number of carbonyl (C=O) groups excluding carboxylic acids is 1. The first-order valence-corrected chi connectivity index (χ1v) is 10.7. The van der Waals surface area contributed by atoms with Gasteiger partial charge in [-0.05, 0) is 37.1 Å². The fraction of sp³-hybridized carbons (Fsp3) is 0.308. The Labute approximate surface area is 185 Å². The van der Waals surface area contributed by atoms with Gasteiger partial charge in [-0.2, -0.15) is 0 Å². The zero-order valence-corrected chi connectivity index (χ0v) is 18.8. The Bertz CT molecular complexity index is 884. The van der Waals surface area contributed by atoms with Crippen molar-refractivity contribution < 1.29 is 14.3 Å². The van der Waals surface area contributed by atoms with Crippen LogP contribution in [-0.4, -0.2) is 28.6 Å². The Morgan fingerprint density at radius 2 is 1.68 bits per heavy atom.